The summed E-state index contributed by atoms with van der Waals surface area (Å²) in [6, 6.07) is 11.2. The van der Waals surface area contributed by atoms with E-state index in [2.05, 4.69) is 5.10 Å². The van der Waals surface area contributed by atoms with Crippen molar-refractivity contribution in [3.05, 3.63) is 65.2 Å². The molecule has 31 heavy (non-hydrogen) atoms. The first kappa shape index (κ1) is 22.3. The Morgan fingerprint density at radius 3 is 2.48 bits per heavy atom. The molecule has 1 atom stereocenters. The lowest BCUT2D eigenvalue weighted by atomic mass is 10.1. The number of rotatable bonds is 9. The standard InChI is InChI=1S/C23H27N3O5/c1-15-11-19(17(3)26(15)16(2)13-29-4)20(27)14-31-23(28)22-21(30-5)12-25(24-22)18-9-7-6-8-10-18/h6-12,16H,13-14H2,1-5H3. The van der Waals surface area contributed by atoms with Crippen LogP contribution in [0.2, 0.25) is 0 Å². The zero-order valence-corrected chi connectivity index (χ0v) is 18.4. The molecule has 0 aliphatic carbocycles. The number of aryl methyl sites for hydroxylation is 1. The first-order valence-electron chi connectivity index (χ1n) is 9.94. The van der Waals surface area contributed by atoms with E-state index in [4.69, 9.17) is 14.2 Å². The monoisotopic (exact) mass is 425 g/mol. The molecule has 1 unspecified atom stereocenters. The lowest BCUT2D eigenvalue weighted by Gasteiger charge is -2.17. The zero-order valence-electron chi connectivity index (χ0n) is 18.4. The molecule has 8 heteroatoms. The first-order chi connectivity index (χ1) is 14.9. The van der Waals surface area contributed by atoms with Gasteiger partial charge in [-0.3, -0.25) is 4.79 Å². The number of esters is 1. The maximum atomic E-state index is 12.7. The molecule has 2 heterocycles. The van der Waals surface area contributed by atoms with Gasteiger partial charge in [-0.2, -0.15) is 5.10 Å². The number of aromatic nitrogens is 3. The van der Waals surface area contributed by atoms with E-state index in [1.165, 1.54) is 11.8 Å². The Labute approximate surface area is 181 Å². The summed E-state index contributed by atoms with van der Waals surface area (Å²) in [5.41, 5.74) is 3.07. The molecule has 0 saturated carbocycles. The highest BCUT2D eigenvalue weighted by Gasteiger charge is 2.23. The molecule has 0 amide bonds. The molecular weight excluding hydrogens is 398 g/mol. The fraction of sp³-hybridized carbons (Fsp3) is 0.348. The molecule has 0 radical (unpaired) electrons. The Balaban J connectivity index is 1.74. The molecule has 3 aromatic rings. The second-order valence-corrected chi connectivity index (χ2v) is 7.28. The molecule has 1 aromatic carbocycles. The van der Waals surface area contributed by atoms with Crippen molar-refractivity contribution >= 4 is 11.8 Å². The van der Waals surface area contributed by atoms with Crippen LogP contribution in [0.1, 0.15) is 45.2 Å². The van der Waals surface area contributed by atoms with Gasteiger partial charge < -0.3 is 18.8 Å². The van der Waals surface area contributed by atoms with Crippen LogP contribution >= 0.6 is 0 Å². The quantitative estimate of drug-likeness (QED) is 0.385. The van der Waals surface area contributed by atoms with Gasteiger partial charge in [0.15, 0.2) is 12.4 Å². The van der Waals surface area contributed by atoms with Crippen molar-refractivity contribution in [2.24, 2.45) is 0 Å². The van der Waals surface area contributed by atoms with Crippen molar-refractivity contribution in [1.29, 1.82) is 0 Å². The summed E-state index contributed by atoms with van der Waals surface area (Å²) in [7, 11) is 3.09. The predicted octanol–water partition coefficient (Wildman–Crippen LogP) is 3.55. The van der Waals surface area contributed by atoms with Crippen LogP contribution in [0.4, 0.5) is 0 Å². The minimum absolute atomic E-state index is 0.0124. The van der Waals surface area contributed by atoms with Gasteiger partial charge in [-0.15, -0.1) is 0 Å². The zero-order chi connectivity index (χ0) is 22.5. The van der Waals surface area contributed by atoms with Crippen molar-refractivity contribution in [3.63, 3.8) is 0 Å². The third-order valence-electron chi connectivity index (χ3n) is 5.08. The summed E-state index contributed by atoms with van der Waals surface area (Å²) in [4.78, 5) is 25.4. The van der Waals surface area contributed by atoms with E-state index in [-0.39, 0.29) is 29.9 Å². The molecule has 0 aliphatic heterocycles. The van der Waals surface area contributed by atoms with Gasteiger partial charge in [-0.1, -0.05) is 18.2 Å². The number of ether oxygens (including phenoxy) is 3. The van der Waals surface area contributed by atoms with Gasteiger partial charge in [0.2, 0.25) is 11.5 Å². The number of para-hydroxylation sites is 1. The Hall–Kier alpha value is -3.39. The van der Waals surface area contributed by atoms with Crippen LogP contribution in [0.15, 0.2) is 42.6 Å². The maximum Gasteiger partial charge on any atom is 0.363 e. The lowest BCUT2D eigenvalue weighted by molar-refractivity contribution is 0.0465. The van der Waals surface area contributed by atoms with Gasteiger partial charge in [-0.25, -0.2) is 9.48 Å². The molecule has 164 valence electrons. The third-order valence-corrected chi connectivity index (χ3v) is 5.08. The predicted molar refractivity (Wildman–Crippen MR) is 115 cm³/mol. The second kappa shape index (κ2) is 9.61. The van der Waals surface area contributed by atoms with Crippen LogP contribution in [0.3, 0.4) is 0 Å². The Kier molecular flexibility index (Phi) is 6.91. The Bertz CT molecular complexity index is 1070. The molecule has 0 saturated heterocycles. The Morgan fingerprint density at radius 1 is 1.13 bits per heavy atom. The highest BCUT2D eigenvalue weighted by molar-refractivity contribution is 6.00. The number of ketones is 1. The van der Waals surface area contributed by atoms with Crippen molar-refractivity contribution in [1.82, 2.24) is 14.3 Å². The molecule has 0 bridgehead atoms. The van der Waals surface area contributed by atoms with E-state index in [0.717, 1.165) is 17.1 Å². The number of nitrogens with zero attached hydrogens (tertiary/aromatic N) is 3. The van der Waals surface area contributed by atoms with Crippen molar-refractivity contribution in [2.75, 3.05) is 27.4 Å². The van der Waals surface area contributed by atoms with E-state index in [1.54, 1.807) is 13.3 Å². The van der Waals surface area contributed by atoms with Crippen molar-refractivity contribution in [2.45, 2.75) is 26.8 Å². The normalized spacial score (nSPS) is 11.9. The fourth-order valence-electron chi connectivity index (χ4n) is 3.69. The molecule has 0 fully saturated rings. The van der Waals surface area contributed by atoms with Crippen LogP contribution < -0.4 is 4.74 Å². The summed E-state index contributed by atoms with van der Waals surface area (Å²) >= 11 is 0. The highest BCUT2D eigenvalue weighted by Crippen LogP contribution is 2.23. The van der Waals surface area contributed by atoms with E-state index in [1.807, 2.05) is 61.7 Å². The third kappa shape index (κ3) is 4.69. The first-order valence-corrected chi connectivity index (χ1v) is 9.94. The number of benzene rings is 1. The van der Waals surface area contributed by atoms with Gasteiger partial charge in [0.05, 0.1) is 31.6 Å². The van der Waals surface area contributed by atoms with E-state index >= 15 is 0 Å². The maximum absolute atomic E-state index is 12.7. The number of methoxy groups -OCH3 is 2. The average Bonchev–Trinajstić information content (AvgIpc) is 3.33. The molecule has 3 rings (SSSR count). The number of carbonyl (C=O) groups is 2. The number of hydrogen-bond acceptors (Lipinski definition) is 6. The van der Waals surface area contributed by atoms with Crippen LogP contribution in [0.5, 0.6) is 5.75 Å². The van der Waals surface area contributed by atoms with Crippen LogP contribution in [-0.4, -0.2) is 53.5 Å². The summed E-state index contributed by atoms with van der Waals surface area (Å²) in [5.74, 6) is -0.729. The van der Waals surface area contributed by atoms with E-state index < -0.39 is 5.97 Å². The second-order valence-electron chi connectivity index (χ2n) is 7.28. The molecule has 8 nitrogen and oxygen atoms in total. The number of hydrogen-bond donors (Lipinski definition) is 0. The summed E-state index contributed by atoms with van der Waals surface area (Å²) < 4.78 is 19.3. The highest BCUT2D eigenvalue weighted by atomic mass is 16.5. The van der Waals surface area contributed by atoms with Crippen molar-refractivity contribution in [3.8, 4) is 11.4 Å². The van der Waals surface area contributed by atoms with E-state index in [9.17, 15) is 9.59 Å². The van der Waals surface area contributed by atoms with Crippen LogP contribution in [-0.2, 0) is 9.47 Å². The van der Waals surface area contributed by atoms with Crippen molar-refractivity contribution < 1.29 is 23.8 Å². The molecule has 2 aromatic heterocycles. The van der Waals surface area contributed by atoms with Crippen LogP contribution in [0, 0.1) is 13.8 Å². The average molecular weight is 425 g/mol. The Morgan fingerprint density at radius 2 is 1.84 bits per heavy atom. The van der Waals surface area contributed by atoms with Crippen LogP contribution in [0.25, 0.3) is 5.69 Å². The number of Topliss-reactive ketones (excluding diaryl/α,β-unsaturated/α-hetero) is 1. The molecule has 0 spiro atoms. The lowest BCUT2D eigenvalue weighted by Crippen LogP contribution is -2.17. The van der Waals surface area contributed by atoms with Gasteiger partial charge in [0.25, 0.3) is 0 Å². The topological polar surface area (TPSA) is 84.6 Å². The van der Waals surface area contributed by atoms with Gasteiger partial charge in [0, 0.05) is 24.1 Å². The van der Waals surface area contributed by atoms with E-state index in [0.29, 0.717) is 12.2 Å². The molecule has 0 aliphatic rings. The van der Waals surface area contributed by atoms with Gasteiger partial charge in [0.1, 0.15) is 0 Å². The minimum Gasteiger partial charge on any atom is -0.493 e. The van der Waals surface area contributed by atoms with Gasteiger partial charge >= 0.3 is 5.97 Å². The summed E-state index contributed by atoms with van der Waals surface area (Å²) in [5, 5.41) is 4.27. The number of carbonyl (C=O) groups excluding carboxylic acids is 2. The van der Waals surface area contributed by atoms with Gasteiger partial charge in [-0.05, 0) is 39.0 Å². The fourth-order valence-corrected chi connectivity index (χ4v) is 3.69. The smallest absolute Gasteiger partial charge is 0.363 e. The molecule has 0 N–H and O–H groups in total. The summed E-state index contributed by atoms with van der Waals surface area (Å²) in [6.07, 6.45) is 1.60. The molecular formula is C23H27N3O5. The largest absolute Gasteiger partial charge is 0.493 e. The SMILES string of the molecule is COCC(C)n1c(C)cc(C(=O)COC(=O)c2nn(-c3ccccc3)cc2OC)c1C. The minimum atomic E-state index is -0.721. The summed E-state index contributed by atoms with van der Waals surface area (Å²) in [6.45, 7) is 5.97.